The van der Waals surface area contributed by atoms with Gasteiger partial charge in [0.25, 0.3) is 0 Å². The Balaban J connectivity index is 1.94. The van der Waals surface area contributed by atoms with E-state index in [9.17, 15) is 19.1 Å². The van der Waals surface area contributed by atoms with Gasteiger partial charge in [-0.3, -0.25) is 9.59 Å². The Labute approximate surface area is 151 Å². The van der Waals surface area contributed by atoms with E-state index in [1.54, 1.807) is 18.2 Å². The molecule has 26 heavy (non-hydrogen) atoms. The van der Waals surface area contributed by atoms with E-state index < -0.39 is 11.3 Å². The summed E-state index contributed by atoms with van der Waals surface area (Å²) in [5.74, 6) is -1.27. The maximum atomic E-state index is 13.2. The predicted molar refractivity (Wildman–Crippen MR) is 96.1 cm³/mol. The molecule has 0 amide bonds. The average molecular weight is 353 g/mol. The topological polar surface area (TPSA) is 59.3 Å². The van der Waals surface area contributed by atoms with Crippen LogP contribution in [-0.4, -0.2) is 21.2 Å². The largest absolute Gasteiger partial charge is 0.505 e. The lowest BCUT2D eigenvalue weighted by Gasteiger charge is -2.41. The molecule has 0 unspecified atom stereocenters. The number of aliphatic hydroxyl groups is 1. The van der Waals surface area contributed by atoms with Crippen molar-refractivity contribution in [3.05, 3.63) is 53.6 Å². The minimum Gasteiger partial charge on any atom is -0.505 e. The number of aromatic nitrogens is 1. The quantitative estimate of drug-likeness (QED) is 0.815. The van der Waals surface area contributed by atoms with Crippen LogP contribution < -0.4 is 0 Å². The Morgan fingerprint density at radius 3 is 2.38 bits per heavy atom. The maximum absolute atomic E-state index is 13.2. The number of fused-ring (bicyclic) bond motifs is 2. The Kier molecular flexibility index (Phi) is 3.83. The minimum atomic E-state index is -0.806. The first-order chi connectivity index (χ1) is 12.4. The number of halogens is 1. The molecule has 1 aliphatic carbocycles. The monoisotopic (exact) mass is 353 g/mol. The van der Waals surface area contributed by atoms with Crippen LogP contribution in [0.4, 0.5) is 4.39 Å². The van der Waals surface area contributed by atoms with Gasteiger partial charge in [0.05, 0.1) is 5.69 Å². The molecule has 1 aliphatic heterocycles. The fraction of sp³-hybridized carbons (Fsp3) is 0.333. The highest BCUT2D eigenvalue weighted by molar-refractivity contribution is 6.27. The van der Waals surface area contributed by atoms with Crippen molar-refractivity contribution in [2.75, 3.05) is 0 Å². The van der Waals surface area contributed by atoms with Gasteiger partial charge in [0.15, 0.2) is 17.3 Å². The summed E-state index contributed by atoms with van der Waals surface area (Å²) in [6, 6.07) is 7.86. The molecular formula is C21H20FNO3. The lowest BCUT2D eigenvalue weighted by atomic mass is 9.73. The molecule has 2 aliphatic rings. The molecule has 5 heteroatoms. The number of hydrogen-bond donors (Lipinski definition) is 1. The summed E-state index contributed by atoms with van der Waals surface area (Å²) in [7, 11) is 0. The second-order valence-corrected chi connectivity index (χ2v) is 7.19. The molecule has 1 N–H and O–H groups in total. The van der Waals surface area contributed by atoms with E-state index in [0.29, 0.717) is 18.5 Å². The van der Waals surface area contributed by atoms with Gasteiger partial charge >= 0.3 is 0 Å². The van der Waals surface area contributed by atoms with Crippen LogP contribution in [-0.2, 0) is 15.1 Å². The van der Waals surface area contributed by atoms with Crippen LogP contribution in [0.5, 0.6) is 0 Å². The standard InChI is InChI=1S/C21H20FNO3/c1-13(24)18-19(25)17-11-15(14-5-7-16(22)8-6-14)12-23(17)21(20(18)26)9-3-2-4-10-21/h5-8,11-12,25H,2-4,9-10H2,1H3. The maximum Gasteiger partial charge on any atom is 0.196 e. The third-order valence-electron chi connectivity index (χ3n) is 5.62. The molecule has 2 aromatic rings. The number of benzene rings is 1. The molecule has 1 fully saturated rings. The lowest BCUT2D eigenvalue weighted by Crippen LogP contribution is -2.48. The van der Waals surface area contributed by atoms with Gasteiger partial charge in [-0.2, -0.15) is 0 Å². The smallest absolute Gasteiger partial charge is 0.196 e. The molecule has 0 bridgehead atoms. The number of aliphatic hydroxyl groups excluding tert-OH is 1. The lowest BCUT2D eigenvalue weighted by molar-refractivity contribution is -0.128. The van der Waals surface area contributed by atoms with Gasteiger partial charge < -0.3 is 9.67 Å². The molecular weight excluding hydrogens is 333 g/mol. The molecule has 2 heterocycles. The average Bonchev–Trinajstić information content (AvgIpc) is 3.08. The summed E-state index contributed by atoms with van der Waals surface area (Å²) in [6.45, 7) is 1.32. The highest BCUT2D eigenvalue weighted by Gasteiger charge is 2.49. The molecule has 1 spiro atoms. The van der Waals surface area contributed by atoms with Crippen LogP contribution in [0.15, 0.2) is 42.1 Å². The van der Waals surface area contributed by atoms with Crippen LogP contribution >= 0.6 is 0 Å². The molecule has 4 nitrogen and oxygen atoms in total. The number of carbonyl (C=O) groups is 2. The molecule has 1 aromatic carbocycles. The van der Waals surface area contributed by atoms with Gasteiger partial charge in [0, 0.05) is 11.8 Å². The molecule has 0 saturated heterocycles. The zero-order valence-corrected chi connectivity index (χ0v) is 14.6. The van der Waals surface area contributed by atoms with E-state index in [0.717, 1.165) is 30.4 Å². The molecule has 134 valence electrons. The van der Waals surface area contributed by atoms with Crippen molar-refractivity contribution < 1.29 is 19.1 Å². The van der Waals surface area contributed by atoms with E-state index in [2.05, 4.69) is 0 Å². The Hall–Kier alpha value is -2.69. The second kappa shape index (κ2) is 5.94. The number of rotatable bonds is 2. The summed E-state index contributed by atoms with van der Waals surface area (Å²) in [5, 5.41) is 10.6. The van der Waals surface area contributed by atoms with Gasteiger partial charge in [-0.05, 0) is 43.5 Å². The second-order valence-electron chi connectivity index (χ2n) is 7.19. The summed E-state index contributed by atoms with van der Waals surface area (Å²) in [4.78, 5) is 25.3. The number of Topliss-reactive ketones (excluding diaryl/α,β-unsaturated/α-hetero) is 2. The molecule has 1 saturated carbocycles. The SMILES string of the molecule is CC(=O)C1=C(O)c2cc(-c3ccc(F)cc3)cn2C2(CCCCC2)C1=O. The highest BCUT2D eigenvalue weighted by atomic mass is 19.1. The van der Waals surface area contributed by atoms with E-state index in [-0.39, 0.29) is 22.9 Å². The first-order valence-corrected chi connectivity index (χ1v) is 8.92. The van der Waals surface area contributed by atoms with E-state index >= 15 is 0 Å². The molecule has 0 atom stereocenters. The van der Waals surface area contributed by atoms with Crippen molar-refractivity contribution in [1.82, 2.24) is 4.57 Å². The zero-order chi connectivity index (χ0) is 18.5. The fourth-order valence-electron chi connectivity index (χ4n) is 4.31. The fourth-order valence-corrected chi connectivity index (χ4v) is 4.31. The van der Waals surface area contributed by atoms with Crippen LogP contribution in [0.1, 0.15) is 44.7 Å². The van der Waals surface area contributed by atoms with Gasteiger partial charge in [-0.15, -0.1) is 0 Å². The Bertz CT molecular complexity index is 931. The minimum absolute atomic E-state index is 0.0943. The van der Waals surface area contributed by atoms with Crippen LogP contribution in [0, 0.1) is 5.82 Å². The number of carbonyl (C=O) groups excluding carboxylic acids is 2. The summed E-state index contributed by atoms with van der Waals surface area (Å²) in [6.07, 6.45) is 6.02. The van der Waals surface area contributed by atoms with Crippen LogP contribution in [0.25, 0.3) is 16.9 Å². The van der Waals surface area contributed by atoms with Crippen molar-refractivity contribution in [3.8, 4) is 11.1 Å². The number of ketones is 2. The number of nitrogens with zero attached hydrogens (tertiary/aromatic N) is 1. The molecule has 4 rings (SSSR count). The van der Waals surface area contributed by atoms with Gasteiger partial charge in [0.2, 0.25) is 0 Å². The summed E-state index contributed by atoms with van der Waals surface area (Å²) < 4.78 is 15.1. The van der Waals surface area contributed by atoms with E-state index in [4.69, 9.17) is 0 Å². The van der Waals surface area contributed by atoms with Crippen LogP contribution in [0.3, 0.4) is 0 Å². The van der Waals surface area contributed by atoms with Crippen molar-refractivity contribution in [3.63, 3.8) is 0 Å². The van der Waals surface area contributed by atoms with E-state index in [1.165, 1.54) is 19.1 Å². The third-order valence-corrected chi connectivity index (χ3v) is 5.62. The highest BCUT2D eigenvalue weighted by Crippen LogP contribution is 2.45. The molecule has 1 aromatic heterocycles. The van der Waals surface area contributed by atoms with Crippen molar-refractivity contribution in [1.29, 1.82) is 0 Å². The van der Waals surface area contributed by atoms with Gasteiger partial charge in [-0.25, -0.2) is 4.39 Å². The zero-order valence-electron chi connectivity index (χ0n) is 14.6. The number of allylic oxidation sites excluding steroid dienone is 1. The Morgan fingerprint density at radius 1 is 1.12 bits per heavy atom. The normalized spacial score (nSPS) is 18.9. The Morgan fingerprint density at radius 2 is 1.77 bits per heavy atom. The van der Waals surface area contributed by atoms with Crippen molar-refractivity contribution >= 4 is 17.3 Å². The van der Waals surface area contributed by atoms with Crippen LogP contribution in [0.2, 0.25) is 0 Å². The van der Waals surface area contributed by atoms with Crippen molar-refractivity contribution in [2.45, 2.75) is 44.6 Å². The van der Waals surface area contributed by atoms with E-state index in [1.807, 2.05) is 10.8 Å². The molecule has 0 radical (unpaired) electrons. The first-order valence-electron chi connectivity index (χ1n) is 8.92. The third kappa shape index (κ3) is 2.34. The summed E-state index contributed by atoms with van der Waals surface area (Å²) >= 11 is 0. The van der Waals surface area contributed by atoms with Gasteiger partial charge in [0.1, 0.15) is 16.9 Å². The predicted octanol–water partition coefficient (Wildman–Crippen LogP) is 4.39. The van der Waals surface area contributed by atoms with Gasteiger partial charge in [-0.1, -0.05) is 31.4 Å². The summed E-state index contributed by atoms with van der Waals surface area (Å²) in [5.41, 5.74) is 1.16. The van der Waals surface area contributed by atoms with Crippen molar-refractivity contribution in [2.24, 2.45) is 0 Å². The number of hydrogen-bond acceptors (Lipinski definition) is 3. The first kappa shape index (κ1) is 16.8.